The molecule has 0 saturated carbocycles. The number of amides is 1. The van der Waals surface area contributed by atoms with E-state index in [1.54, 1.807) is 11.4 Å². The molecule has 2 aromatic heterocycles. The van der Waals surface area contributed by atoms with Gasteiger partial charge in [0.1, 0.15) is 5.82 Å². The Kier molecular flexibility index (Phi) is 4.57. The smallest absolute Gasteiger partial charge is 0.305 e. The van der Waals surface area contributed by atoms with Crippen molar-refractivity contribution in [2.75, 3.05) is 12.4 Å². The lowest BCUT2D eigenvalue weighted by molar-refractivity contribution is -0.140. The van der Waals surface area contributed by atoms with Crippen molar-refractivity contribution in [2.45, 2.75) is 12.8 Å². The second kappa shape index (κ2) is 6.79. The molecule has 0 aliphatic heterocycles. The minimum absolute atomic E-state index is 0.238. The number of benzene rings is 1. The number of aromatic nitrogens is 2. The molecule has 0 unspecified atom stereocenters. The number of aryl methyl sites for hydroxylation is 1. The van der Waals surface area contributed by atoms with Gasteiger partial charge in [-0.25, -0.2) is 9.37 Å². The van der Waals surface area contributed by atoms with Gasteiger partial charge in [-0.1, -0.05) is 0 Å². The molecule has 24 heavy (non-hydrogen) atoms. The average molecular weight is 347 g/mol. The molecule has 3 aromatic rings. The van der Waals surface area contributed by atoms with Gasteiger partial charge in [-0.3, -0.25) is 14.9 Å². The molecule has 0 spiro atoms. The van der Waals surface area contributed by atoms with Crippen LogP contribution in [0.3, 0.4) is 0 Å². The lowest BCUT2D eigenvalue weighted by atomic mass is 10.1. The summed E-state index contributed by atoms with van der Waals surface area (Å²) in [6.45, 7) is 0. The maximum Gasteiger partial charge on any atom is 0.305 e. The third kappa shape index (κ3) is 3.43. The number of anilines is 1. The Hall–Kier alpha value is -2.74. The molecule has 124 valence electrons. The van der Waals surface area contributed by atoms with E-state index < -0.39 is 0 Å². The molecule has 1 amide bonds. The number of esters is 1. The van der Waals surface area contributed by atoms with Gasteiger partial charge in [0.25, 0.3) is 5.91 Å². The van der Waals surface area contributed by atoms with Gasteiger partial charge in [-0.15, -0.1) is 11.3 Å². The van der Waals surface area contributed by atoms with E-state index in [0.717, 1.165) is 0 Å². The van der Waals surface area contributed by atoms with Crippen molar-refractivity contribution in [1.29, 1.82) is 0 Å². The number of fused-ring (bicyclic) bond motifs is 1. The van der Waals surface area contributed by atoms with Crippen LogP contribution >= 0.6 is 11.3 Å². The number of hydrogen-bond donors (Lipinski definition) is 2. The second-order valence-corrected chi connectivity index (χ2v) is 5.92. The van der Waals surface area contributed by atoms with Crippen LogP contribution in [0.25, 0.3) is 10.9 Å². The first-order valence-electron chi connectivity index (χ1n) is 7.16. The number of carbonyl (C=O) groups is 2. The predicted molar refractivity (Wildman–Crippen MR) is 88.7 cm³/mol. The highest BCUT2D eigenvalue weighted by Crippen LogP contribution is 2.22. The maximum absolute atomic E-state index is 13.2. The van der Waals surface area contributed by atoms with Gasteiger partial charge < -0.3 is 9.72 Å². The summed E-state index contributed by atoms with van der Waals surface area (Å²) in [5, 5.41) is 5.57. The van der Waals surface area contributed by atoms with E-state index in [-0.39, 0.29) is 24.1 Å². The Morgan fingerprint density at radius 3 is 3.04 bits per heavy atom. The van der Waals surface area contributed by atoms with E-state index in [9.17, 15) is 14.0 Å². The predicted octanol–water partition coefficient (Wildman–Crippen LogP) is 3.12. The van der Waals surface area contributed by atoms with Crippen LogP contribution in [-0.4, -0.2) is 29.0 Å². The highest BCUT2D eigenvalue weighted by molar-refractivity contribution is 7.14. The average Bonchev–Trinajstić information content (AvgIpc) is 3.18. The summed E-state index contributed by atoms with van der Waals surface area (Å²) < 4.78 is 17.8. The summed E-state index contributed by atoms with van der Waals surface area (Å²) in [6.07, 6.45) is 2.22. The number of hydrogen-bond acceptors (Lipinski definition) is 5. The van der Waals surface area contributed by atoms with E-state index in [0.29, 0.717) is 33.7 Å². The fourth-order valence-corrected chi connectivity index (χ4v) is 3.00. The van der Waals surface area contributed by atoms with Gasteiger partial charge in [0.05, 0.1) is 24.8 Å². The van der Waals surface area contributed by atoms with Crippen molar-refractivity contribution < 1.29 is 18.7 Å². The first kappa shape index (κ1) is 16.1. The van der Waals surface area contributed by atoms with Crippen LogP contribution in [0.2, 0.25) is 0 Å². The Balaban J connectivity index is 1.70. The number of nitrogens with one attached hydrogen (secondary N) is 2. The van der Waals surface area contributed by atoms with Gasteiger partial charge in [0.2, 0.25) is 0 Å². The second-order valence-electron chi connectivity index (χ2n) is 5.07. The van der Waals surface area contributed by atoms with Crippen molar-refractivity contribution in [3.05, 3.63) is 46.9 Å². The molecule has 6 nitrogen and oxygen atoms in total. The third-order valence-electron chi connectivity index (χ3n) is 3.47. The zero-order chi connectivity index (χ0) is 17.1. The number of aromatic amines is 1. The summed E-state index contributed by atoms with van der Waals surface area (Å²) in [5.74, 6) is -1.01. The fraction of sp³-hybridized carbons (Fsp3) is 0.188. The summed E-state index contributed by atoms with van der Waals surface area (Å²) in [7, 11) is 1.34. The standard InChI is InChI=1S/C16H14FN3O3S/c1-23-14(21)5-3-10-8-24-16(19-10)20-15(22)12-7-18-13-6-9(17)2-4-11(12)13/h2,4,6-8,18H,3,5H2,1H3,(H,19,20,22). The highest BCUT2D eigenvalue weighted by Gasteiger charge is 2.14. The quantitative estimate of drug-likeness (QED) is 0.695. The molecule has 0 atom stereocenters. The Morgan fingerprint density at radius 2 is 2.25 bits per heavy atom. The molecule has 0 saturated heterocycles. The lowest BCUT2D eigenvalue weighted by Crippen LogP contribution is -2.11. The molecule has 1 aromatic carbocycles. The van der Waals surface area contributed by atoms with Gasteiger partial charge >= 0.3 is 5.97 Å². The van der Waals surface area contributed by atoms with Crippen LogP contribution in [0, 0.1) is 5.82 Å². The van der Waals surface area contributed by atoms with Gasteiger partial charge in [-0.2, -0.15) is 0 Å². The van der Waals surface area contributed by atoms with Crippen molar-refractivity contribution in [3.8, 4) is 0 Å². The zero-order valence-electron chi connectivity index (χ0n) is 12.8. The van der Waals surface area contributed by atoms with Crippen LogP contribution in [0.15, 0.2) is 29.8 Å². The molecule has 0 radical (unpaired) electrons. The van der Waals surface area contributed by atoms with Crippen molar-refractivity contribution in [2.24, 2.45) is 0 Å². The van der Waals surface area contributed by atoms with E-state index in [2.05, 4.69) is 20.0 Å². The zero-order valence-corrected chi connectivity index (χ0v) is 13.6. The first-order chi connectivity index (χ1) is 11.6. The van der Waals surface area contributed by atoms with Gasteiger partial charge in [-0.05, 0) is 18.2 Å². The third-order valence-corrected chi connectivity index (χ3v) is 4.28. The number of carbonyl (C=O) groups excluding carboxylic acids is 2. The number of halogens is 1. The Labute approximate surface area is 140 Å². The summed E-state index contributed by atoms with van der Waals surface area (Å²) in [4.78, 5) is 30.6. The summed E-state index contributed by atoms with van der Waals surface area (Å²) in [5.41, 5.74) is 1.68. The Bertz CT molecular complexity index is 903. The van der Waals surface area contributed by atoms with Crippen molar-refractivity contribution in [1.82, 2.24) is 9.97 Å². The molecule has 2 heterocycles. The van der Waals surface area contributed by atoms with Crippen LogP contribution in [-0.2, 0) is 16.0 Å². The van der Waals surface area contributed by atoms with E-state index in [1.165, 1.54) is 36.8 Å². The van der Waals surface area contributed by atoms with E-state index >= 15 is 0 Å². The molecule has 0 aliphatic rings. The van der Waals surface area contributed by atoms with Crippen LogP contribution in [0.5, 0.6) is 0 Å². The molecule has 0 bridgehead atoms. The number of nitrogens with zero attached hydrogens (tertiary/aromatic N) is 1. The number of H-pyrrole nitrogens is 1. The summed E-state index contributed by atoms with van der Waals surface area (Å²) in [6, 6.07) is 4.20. The molecular weight excluding hydrogens is 333 g/mol. The first-order valence-corrected chi connectivity index (χ1v) is 8.04. The molecule has 8 heteroatoms. The maximum atomic E-state index is 13.2. The van der Waals surface area contributed by atoms with Gasteiger partial charge in [0, 0.05) is 28.9 Å². The molecule has 3 rings (SSSR count). The highest BCUT2D eigenvalue weighted by atomic mass is 32.1. The topological polar surface area (TPSA) is 84.1 Å². The van der Waals surface area contributed by atoms with Crippen molar-refractivity contribution in [3.63, 3.8) is 0 Å². The molecule has 0 fully saturated rings. The van der Waals surface area contributed by atoms with Crippen LogP contribution in [0.1, 0.15) is 22.5 Å². The van der Waals surface area contributed by atoms with E-state index in [4.69, 9.17) is 0 Å². The molecule has 2 N–H and O–H groups in total. The number of methoxy groups -OCH3 is 1. The van der Waals surface area contributed by atoms with Crippen LogP contribution in [0.4, 0.5) is 9.52 Å². The monoisotopic (exact) mass is 347 g/mol. The largest absolute Gasteiger partial charge is 0.469 e. The van der Waals surface area contributed by atoms with Gasteiger partial charge in [0.15, 0.2) is 5.13 Å². The Morgan fingerprint density at radius 1 is 1.42 bits per heavy atom. The SMILES string of the molecule is COC(=O)CCc1csc(NC(=O)c2c[nH]c3cc(F)ccc23)n1. The minimum atomic E-state index is -0.369. The number of thiazole rings is 1. The lowest BCUT2D eigenvalue weighted by Gasteiger charge is -2.00. The molecule has 0 aliphatic carbocycles. The number of ether oxygens (including phenoxy) is 1. The van der Waals surface area contributed by atoms with E-state index in [1.807, 2.05) is 0 Å². The van der Waals surface area contributed by atoms with Crippen LogP contribution < -0.4 is 5.32 Å². The number of rotatable bonds is 5. The minimum Gasteiger partial charge on any atom is -0.469 e. The normalized spacial score (nSPS) is 10.8. The fourth-order valence-electron chi connectivity index (χ4n) is 2.26. The molecular formula is C16H14FN3O3S. The van der Waals surface area contributed by atoms with Crippen molar-refractivity contribution >= 4 is 39.2 Å². The summed E-state index contributed by atoms with van der Waals surface area (Å²) >= 11 is 1.28.